The molecule has 0 aliphatic carbocycles. The lowest BCUT2D eigenvalue weighted by Gasteiger charge is -2.12. The molecule has 60 valence electrons. The van der Waals surface area contributed by atoms with E-state index in [9.17, 15) is 10.1 Å². The maximum Gasteiger partial charge on any atom is 0.349 e. The molecule has 0 aromatic rings. The molecule has 0 amide bonds. The predicted molar refractivity (Wildman–Crippen MR) is 42.2 cm³/mol. The number of alkyl halides is 1. The fraction of sp³-hybridized carbons (Fsp3) is 0.500. The highest BCUT2D eigenvalue weighted by Gasteiger charge is 2.40. The highest BCUT2D eigenvalue weighted by Crippen LogP contribution is 2.17. The molecule has 0 spiro atoms. The molecule has 0 radical (unpaired) electrons. The van der Waals surface area contributed by atoms with Crippen molar-refractivity contribution in [1.82, 2.24) is 0 Å². The second-order valence-electron chi connectivity index (χ2n) is 1.92. The lowest BCUT2D eigenvalue weighted by Crippen LogP contribution is -2.39. The minimum atomic E-state index is -1.71. The van der Waals surface area contributed by atoms with Gasteiger partial charge in [0.2, 0.25) is 5.29 Å². The maximum atomic E-state index is 10.3. The first kappa shape index (κ1) is 8.42. The van der Waals surface area contributed by atoms with Gasteiger partial charge in [0.05, 0.1) is 4.92 Å². The number of halogens is 2. The second kappa shape index (κ2) is 2.75. The van der Waals surface area contributed by atoms with Crippen LogP contribution < -0.4 is 0 Å². The number of aliphatic imine (C=N–C) groups is 2. The average molecular weight is 196 g/mol. The Balaban J connectivity index is 2.82. The summed E-state index contributed by atoms with van der Waals surface area (Å²) in [5.41, 5.74) is 0. The van der Waals surface area contributed by atoms with E-state index in [0.717, 1.165) is 6.21 Å². The van der Waals surface area contributed by atoms with Crippen molar-refractivity contribution in [1.29, 1.82) is 0 Å². The van der Waals surface area contributed by atoms with E-state index in [1.165, 1.54) is 0 Å². The van der Waals surface area contributed by atoms with Crippen LogP contribution in [-0.4, -0.2) is 28.0 Å². The summed E-state index contributed by atoms with van der Waals surface area (Å²) in [6.45, 7) is -0.177. The van der Waals surface area contributed by atoms with Gasteiger partial charge in [0.15, 0.2) is 0 Å². The fourth-order valence-electron chi connectivity index (χ4n) is 0.515. The Morgan fingerprint density at radius 1 is 1.82 bits per heavy atom. The number of amidine groups is 1. The minimum absolute atomic E-state index is 0.0110. The standard InChI is InChI=1S/C4H3Cl2N3O2/c5-3-7-1-4(6,2-8-3)9(10)11/h1H,2H2. The molecular formula is C4H3Cl2N3O2. The van der Waals surface area contributed by atoms with Gasteiger partial charge >= 0.3 is 5.00 Å². The molecule has 0 fully saturated rings. The zero-order valence-corrected chi connectivity index (χ0v) is 6.71. The van der Waals surface area contributed by atoms with Crippen LogP contribution in [0.2, 0.25) is 0 Å². The lowest BCUT2D eigenvalue weighted by molar-refractivity contribution is -0.516. The molecule has 0 saturated carbocycles. The van der Waals surface area contributed by atoms with E-state index < -0.39 is 9.92 Å². The van der Waals surface area contributed by atoms with Crippen LogP contribution in [0.1, 0.15) is 0 Å². The largest absolute Gasteiger partial charge is 0.349 e. The molecule has 0 aromatic carbocycles. The summed E-state index contributed by atoms with van der Waals surface area (Å²) in [4.78, 5) is 14.8. The number of nitrogens with zero attached hydrogens (tertiary/aromatic N) is 3. The first-order valence-electron chi connectivity index (χ1n) is 2.63. The van der Waals surface area contributed by atoms with Gasteiger partial charge in [-0.3, -0.25) is 10.1 Å². The van der Waals surface area contributed by atoms with E-state index >= 15 is 0 Å². The van der Waals surface area contributed by atoms with Crippen molar-refractivity contribution in [2.75, 3.05) is 6.54 Å². The van der Waals surface area contributed by atoms with Crippen LogP contribution in [0.15, 0.2) is 9.98 Å². The first-order chi connectivity index (χ1) is 5.04. The molecule has 1 unspecified atom stereocenters. The lowest BCUT2D eigenvalue weighted by atomic mass is 10.3. The van der Waals surface area contributed by atoms with E-state index in [2.05, 4.69) is 9.98 Å². The molecule has 0 N–H and O–H groups in total. The van der Waals surface area contributed by atoms with E-state index in [4.69, 9.17) is 23.2 Å². The van der Waals surface area contributed by atoms with Gasteiger partial charge in [-0.25, -0.2) is 9.98 Å². The SMILES string of the molecule is O=[N+]([O-])C1(Cl)C=NC(Cl)=NC1. The van der Waals surface area contributed by atoms with Crippen molar-refractivity contribution < 1.29 is 4.92 Å². The molecule has 0 saturated heterocycles. The summed E-state index contributed by atoms with van der Waals surface area (Å²) in [5.74, 6) is 0. The summed E-state index contributed by atoms with van der Waals surface area (Å²) in [5, 5.41) is 10.2. The number of nitro groups is 1. The van der Waals surface area contributed by atoms with E-state index in [1.807, 2.05) is 0 Å². The summed E-state index contributed by atoms with van der Waals surface area (Å²) in [6, 6.07) is 0. The molecule has 1 aliphatic rings. The zero-order chi connectivity index (χ0) is 8.48. The normalized spacial score (nSPS) is 29.8. The van der Waals surface area contributed by atoms with E-state index in [0.29, 0.717) is 0 Å². The van der Waals surface area contributed by atoms with Crippen molar-refractivity contribution in [2.45, 2.75) is 5.00 Å². The van der Waals surface area contributed by atoms with Crippen LogP contribution in [0, 0.1) is 10.1 Å². The Labute approximate surface area is 71.9 Å². The molecular weight excluding hydrogens is 193 g/mol. The summed E-state index contributed by atoms with van der Waals surface area (Å²) in [6.07, 6.45) is 0.976. The van der Waals surface area contributed by atoms with E-state index in [1.54, 1.807) is 0 Å². The molecule has 1 aliphatic heterocycles. The molecule has 1 atom stereocenters. The topological polar surface area (TPSA) is 67.9 Å². The Kier molecular flexibility index (Phi) is 2.10. The minimum Gasteiger partial charge on any atom is -0.262 e. The number of hydrogen-bond acceptors (Lipinski definition) is 4. The molecule has 0 aromatic heterocycles. The predicted octanol–water partition coefficient (Wildman–Crippen LogP) is 0.877. The van der Waals surface area contributed by atoms with Gasteiger partial charge in [-0.1, -0.05) is 0 Å². The monoisotopic (exact) mass is 195 g/mol. The van der Waals surface area contributed by atoms with Gasteiger partial charge in [0.25, 0.3) is 0 Å². The van der Waals surface area contributed by atoms with Gasteiger partial charge in [-0.05, 0) is 23.2 Å². The molecule has 1 rings (SSSR count). The summed E-state index contributed by atoms with van der Waals surface area (Å²) in [7, 11) is 0. The molecule has 11 heavy (non-hydrogen) atoms. The molecule has 7 heteroatoms. The van der Waals surface area contributed by atoms with Crippen molar-refractivity contribution in [3.05, 3.63) is 10.1 Å². The second-order valence-corrected chi connectivity index (χ2v) is 2.91. The van der Waals surface area contributed by atoms with Gasteiger partial charge < -0.3 is 0 Å². The number of hydrogen-bond donors (Lipinski definition) is 0. The van der Waals surface area contributed by atoms with Crippen molar-refractivity contribution in [3.63, 3.8) is 0 Å². The summed E-state index contributed by atoms with van der Waals surface area (Å²) < 4.78 is 0. The molecule has 0 bridgehead atoms. The maximum absolute atomic E-state index is 10.3. The van der Waals surface area contributed by atoms with Crippen LogP contribution in [-0.2, 0) is 0 Å². The van der Waals surface area contributed by atoms with Crippen LogP contribution in [0.5, 0.6) is 0 Å². The Bertz CT molecular complexity index is 252. The third-order valence-electron chi connectivity index (χ3n) is 1.10. The number of rotatable bonds is 1. The van der Waals surface area contributed by atoms with Crippen LogP contribution >= 0.6 is 23.2 Å². The van der Waals surface area contributed by atoms with Crippen LogP contribution in [0.4, 0.5) is 0 Å². The average Bonchev–Trinajstić information content (AvgIpc) is 1.95. The summed E-state index contributed by atoms with van der Waals surface area (Å²) >= 11 is 10.8. The zero-order valence-electron chi connectivity index (χ0n) is 5.20. The van der Waals surface area contributed by atoms with Crippen molar-refractivity contribution in [3.8, 4) is 0 Å². The van der Waals surface area contributed by atoms with Crippen LogP contribution in [0.25, 0.3) is 0 Å². The van der Waals surface area contributed by atoms with Gasteiger partial charge in [-0.15, -0.1) is 0 Å². The highest BCUT2D eigenvalue weighted by molar-refractivity contribution is 6.65. The van der Waals surface area contributed by atoms with Crippen molar-refractivity contribution >= 4 is 34.7 Å². The smallest absolute Gasteiger partial charge is 0.262 e. The first-order valence-corrected chi connectivity index (χ1v) is 3.39. The van der Waals surface area contributed by atoms with Crippen LogP contribution in [0.3, 0.4) is 0 Å². The quantitative estimate of drug-likeness (QED) is 0.270. The van der Waals surface area contributed by atoms with Crippen molar-refractivity contribution in [2.24, 2.45) is 9.98 Å². The Morgan fingerprint density at radius 2 is 2.45 bits per heavy atom. The Morgan fingerprint density at radius 3 is 2.82 bits per heavy atom. The highest BCUT2D eigenvalue weighted by atomic mass is 35.5. The third-order valence-corrected chi connectivity index (χ3v) is 1.68. The molecule has 1 heterocycles. The Hall–Kier alpha value is -0.680. The van der Waals surface area contributed by atoms with Gasteiger partial charge in [-0.2, -0.15) is 0 Å². The fourth-order valence-corrected chi connectivity index (χ4v) is 0.732. The van der Waals surface area contributed by atoms with E-state index in [-0.39, 0.29) is 11.8 Å². The van der Waals surface area contributed by atoms with Gasteiger partial charge in [0, 0.05) is 0 Å². The van der Waals surface area contributed by atoms with Gasteiger partial charge in [0.1, 0.15) is 12.8 Å². The third kappa shape index (κ3) is 1.66. The molecule has 5 nitrogen and oxygen atoms in total.